The Kier molecular flexibility index (Phi) is 4.86. The second kappa shape index (κ2) is 7.30. The lowest BCUT2D eigenvalue weighted by Crippen LogP contribution is -2.12. The van der Waals surface area contributed by atoms with Crippen LogP contribution in [0.2, 0.25) is 0 Å². The molecule has 0 atom stereocenters. The Morgan fingerprint density at radius 1 is 0.889 bits per heavy atom. The topological polar surface area (TPSA) is 20.2 Å². The van der Waals surface area contributed by atoms with Crippen LogP contribution in [0.5, 0.6) is 5.75 Å². The molecular weight excluding hydrogens is 342 g/mol. The summed E-state index contributed by atoms with van der Waals surface area (Å²) in [5.41, 5.74) is 2.98. The number of halogens is 2. The molecule has 1 fully saturated rings. The Hall–Kier alpha value is -2.42. The van der Waals surface area contributed by atoms with Gasteiger partial charge in [-0.15, -0.1) is 0 Å². The van der Waals surface area contributed by atoms with Crippen molar-refractivity contribution in [2.75, 3.05) is 0 Å². The van der Waals surface area contributed by atoms with E-state index in [1.807, 2.05) is 12.1 Å². The summed E-state index contributed by atoms with van der Waals surface area (Å²) in [6.07, 6.45) is 6.36. The molecule has 3 heteroatoms. The number of aromatic hydroxyl groups is 1. The van der Waals surface area contributed by atoms with Gasteiger partial charge < -0.3 is 5.11 Å². The maximum atomic E-state index is 14.5. The third-order valence-corrected chi connectivity index (χ3v) is 6.13. The molecule has 3 aromatic carbocycles. The van der Waals surface area contributed by atoms with Gasteiger partial charge in [0.15, 0.2) is 11.6 Å². The minimum absolute atomic E-state index is 0.164. The molecule has 0 aromatic heterocycles. The normalized spacial score (nSPS) is 20.1. The van der Waals surface area contributed by atoms with Gasteiger partial charge in [-0.1, -0.05) is 43.7 Å². The van der Waals surface area contributed by atoms with Crippen LogP contribution in [0, 0.1) is 17.6 Å². The first-order valence-electron chi connectivity index (χ1n) is 9.78. The molecule has 0 spiro atoms. The molecule has 0 bridgehead atoms. The summed E-state index contributed by atoms with van der Waals surface area (Å²) in [7, 11) is 0. The van der Waals surface area contributed by atoms with E-state index in [2.05, 4.69) is 19.1 Å². The Balaban J connectivity index is 1.62. The number of fused-ring (bicyclic) bond motifs is 1. The molecule has 0 saturated heterocycles. The molecule has 1 saturated carbocycles. The Morgan fingerprint density at radius 3 is 2.26 bits per heavy atom. The Bertz CT molecular complexity index is 954. The van der Waals surface area contributed by atoms with Gasteiger partial charge in [0.25, 0.3) is 0 Å². The summed E-state index contributed by atoms with van der Waals surface area (Å²) in [5, 5.41) is 9.76. The van der Waals surface area contributed by atoms with Crippen LogP contribution in [0.1, 0.15) is 50.5 Å². The fourth-order valence-electron chi connectivity index (χ4n) is 4.38. The Morgan fingerprint density at radius 2 is 1.59 bits per heavy atom. The fraction of sp³-hybridized carbons (Fsp3) is 0.333. The van der Waals surface area contributed by atoms with Crippen molar-refractivity contribution in [3.05, 3.63) is 65.7 Å². The van der Waals surface area contributed by atoms with Crippen molar-refractivity contribution in [3.63, 3.8) is 0 Å². The van der Waals surface area contributed by atoms with E-state index in [4.69, 9.17) is 0 Å². The van der Waals surface area contributed by atoms with Crippen molar-refractivity contribution in [2.45, 2.75) is 44.9 Å². The first-order chi connectivity index (χ1) is 13.1. The third kappa shape index (κ3) is 3.43. The van der Waals surface area contributed by atoms with E-state index in [0.29, 0.717) is 16.9 Å². The van der Waals surface area contributed by atoms with E-state index in [9.17, 15) is 13.9 Å². The average Bonchev–Trinajstić information content (AvgIpc) is 2.70. The molecule has 1 aliphatic rings. The van der Waals surface area contributed by atoms with E-state index >= 15 is 0 Å². The molecule has 1 N–H and O–H groups in total. The lowest BCUT2D eigenvalue weighted by molar-refractivity contribution is 0.319. The molecule has 0 radical (unpaired) electrons. The van der Waals surface area contributed by atoms with Gasteiger partial charge >= 0.3 is 0 Å². The van der Waals surface area contributed by atoms with Gasteiger partial charge in [0, 0.05) is 0 Å². The van der Waals surface area contributed by atoms with Gasteiger partial charge in [-0.3, -0.25) is 0 Å². The highest BCUT2D eigenvalue weighted by Crippen LogP contribution is 2.38. The number of hydrogen-bond acceptors (Lipinski definition) is 1. The lowest BCUT2D eigenvalue weighted by atomic mass is 9.77. The monoisotopic (exact) mass is 366 g/mol. The highest BCUT2D eigenvalue weighted by Gasteiger charge is 2.21. The van der Waals surface area contributed by atoms with Gasteiger partial charge in [-0.05, 0) is 77.8 Å². The SMILES string of the molecule is CCC1CCC(c2ccc(-c3cc(F)c4c(F)c(O)ccc4c3)cc2)CC1. The van der Waals surface area contributed by atoms with Crippen LogP contribution in [0.15, 0.2) is 48.5 Å². The van der Waals surface area contributed by atoms with Crippen molar-refractivity contribution in [1.82, 2.24) is 0 Å². The minimum Gasteiger partial charge on any atom is -0.505 e. The third-order valence-electron chi connectivity index (χ3n) is 6.13. The van der Waals surface area contributed by atoms with Crippen LogP contribution < -0.4 is 0 Å². The number of phenols is 1. The molecular formula is C24H24F2O. The predicted molar refractivity (Wildman–Crippen MR) is 106 cm³/mol. The van der Waals surface area contributed by atoms with E-state index in [1.54, 1.807) is 12.1 Å². The summed E-state index contributed by atoms with van der Waals surface area (Å²) in [6.45, 7) is 2.27. The number of phenolic OH excluding ortho intramolecular Hbond substituents is 1. The quantitative estimate of drug-likeness (QED) is 0.521. The molecule has 4 rings (SSSR count). The molecule has 0 aliphatic heterocycles. The largest absolute Gasteiger partial charge is 0.505 e. The Labute approximate surface area is 158 Å². The van der Waals surface area contributed by atoms with Gasteiger partial charge in [0.2, 0.25) is 0 Å². The van der Waals surface area contributed by atoms with Crippen molar-refractivity contribution >= 4 is 10.8 Å². The van der Waals surface area contributed by atoms with Gasteiger partial charge in [0.1, 0.15) is 5.82 Å². The van der Waals surface area contributed by atoms with E-state index < -0.39 is 17.4 Å². The number of benzene rings is 3. The lowest BCUT2D eigenvalue weighted by Gasteiger charge is -2.28. The van der Waals surface area contributed by atoms with E-state index in [1.165, 1.54) is 49.8 Å². The van der Waals surface area contributed by atoms with Crippen LogP contribution in [0.25, 0.3) is 21.9 Å². The van der Waals surface area contributed by atoms with Crippen LogP contribution in [-0.2, 0) is 0 Å². The molecule has 27 heavy (non-hydrogen) atoms. The van der Waals surface area contributed by atoms with Crippen LogP contribution in [0.4, 0.5) is 8.78 Å². The molecule has 1 aliphatic carbocycles. The van der Waals surface area contributed by atoms with Crippen LogP contribution in [0.3, 0.4) is 0 Å². The van der Waals surface area contributed by atoms with E-state index in [0.717, 1.165) is 11.5 Å². The molecule has 0 amide bonds. The van der Waals surface area contributed by atoms with Crippen LogP contribution >= 0.6 is 0 Å². The van der Waals surface area contributed by atoms with Crippen molar-refractivity contribution in [3.8, 4) is 16.9 Å². The van der Waals surface area contributed by atoms with Gasteiger partial charge in [0.05, 0.1) is 5.39 Å². The summed E-state index contributed by atoms with van der Waals surface area (Å²) in [4.78, 5) is 0. The molecule has 0 heterocycles. The summed E-state index contributed by atoms with van der Waals surface area (Å²) in [5.74, 6) is -0.600. The number of rotatable bonds is 3. The standard InChI is InChI=1S/C24H24F2O/c1-2-15-3-5-16(6-4-15)17-7-9-18(10-8-17)20-13-19-11-12-22(27)24(26)23(19)21(25)14-20/h7-16,27H,2-6H2,1H3. The maximum Gasteiger partial charge on any atom is 0.175 e. The minimum atomic E-state index is -0.908. The van der Waals surface area contributed by atoms with Crippen molar-refractivity contribution in [1.29, 1.82) is 0 Å². The highest BCUT2D eigenvalue weighted by molar-refractivity contribution is 5.89. The molecule has 140 valence electrons. The highest BCUT2D eigenvalue weighted by atomic mass is 19.1. The number of hydrogen-bond donors (Lipinski definition) is 1. The summed E-state index contributed by atoms with van der Waals surface area (Å²) in [6, 6.07) is 14.3. The smallest absolute Gasteiger partial charge is 0.175 e. The zero-order valence-electron chi connectivity index (χ0n) is 15.5. The van der Waals surface area contributed by atoms with Gasteiger partial charge in [-0.25, -0.2) is 8.78 Å². The van der Waals surface area contributed by atoms with E-state index in [-0.39, 0.29) is 5.39 Å². The van der Waals surface area contributed by atoms with Crippen molar-refractivity contribution in [2.24, 2.45) is 5.92 Å². The molecule has 3 aromatic rings. The molecule has 0 unspecified atom stereocenters. The van der Waals surface area contributed by atoms with Gasteiger partial charge in [-0.2, -0.15) is 0 Å². The fourth-order valence-corrected chi connectivity index (χ4v) is 4.38. The second-order valence-electron chi connectivity index (χ2n) is 7.70. The molecule has 1 nitrogen and oxygen atoms in total. The summed E-state index contributed by atoms with van der Waals surface area (Å²) < 4.78 is 28.5. The van der Waals surface area contributed by atoms with Crippen LogP contribution in [-0.4, -0.2) is 5.11 Å². The second-order valence-corrected chi connectivity index (χ2v) is 7.70. The predicted octanol–water partition coefficient (Wildman–Crippen LogP) is 7.17. The summed E-state index contributed by atoms with van der Waals surface area (Å²) >= 11 is 0. The maximum absolute atomic E-state index is 14.5. The average molecular weight is 366 g/mol. The zero-order chi connectivity index (χ0) is 19.0. The van der Waals surface area contributed by atoms with Crippen molar-refractivity contribution < 1.29 is 13.9 Å². The first-order valence-corrected chi connectivity index (χ1v) is 9.78. The first kappa shape index (κ1) is 18.0. The zero-order valence-corrected chi connectivity index (χ0v) is 15.5.